The lowest BCUT2D eigenvalue weighted by Crippen LogP contribution is -2.18. The van der Waals surface area contributed by atoms with Crippen LogP contribution in [0.4, 0.5) is 0 Å². The lowest BCUT2D eigenvalue weighted by atomic mass is 10.0. The van der Waals surface area contributed by atoms with Gasteiger partial charge in [0, 0.05) is 12.8 Å². The van der Waals surface area contributed by atoms with E-state index in [0.717, 1.165) is 57.8 Å². The maximum Gasteiger partial charge on any atom is 0.306 e. The van der Waals surface area contributed by atoms with Crippen LogP contribution in [-0.2, 0) is 14.3 Å². The van der Waals surface area contributed by atoms with Gasteiger partial charge in [0.25, 0.3) is 0 Å². The van der Waals surface area contributed by atoms with Crippen LogP contribution >= 0.6 is 0 Å². The Balaban J connectivity index is 3.82. The van der Waals surface area contributed by atoms with Crippen molar-refractivity contribution in [2.24, 2.45) is 0 Å². The number of hydrogen-bond acceptors (Lipinski definition) is 3. The summed E-state index contributed by atoms with van der Waals surface area (Å²) in [7, 11) is 0. The van der Waals surface area contributed by atoms with Crippen molar-refractivity contribution in [2.45, 2.75) is 258 Å². The van der Waals surface area contributed by atoms with Crippen LogP contribution < -0.4 is 0 Å². The molecule has 48 heavy (non-hydrogen) atoms. The summed E-state index contributed by atoms with van der Waals surface area (Å²) in [5.74, 6) is -0.715. The number of esters is 1. The predicted octanol–water partition coefficient (Wildman–Crippen LogP) is 15.0. The monoisotopic (exact) mass is 677 g/mol. The molecule has 1 unspecified atom stereocenters. The fraction of sp³-hybridized carbons (Fsp3) is 0.909. The van der Waals surface area contributed by atoms with Crippen molar-refractivity contribution in [1.82, 2.24) is 0 Å². The number of rotatable bonds is 40. The fourth-order valence-corrected chi connectivity index (χ4v) is 6.77. The summed E-state index contributed by atoms with van der Waals surface area (Å²) in [4.78, 5) is 23.4. The van der Waals surface area contributed by atoms with Gasteiger partial charge in [-0.05, 0) is 64.2 Å². The molecule has 4 heteroatoms. The van der Waals surface area contributed by atoms with Crippen molar-refractivity contribution in [3.05, 3.63) is 12.2 Å². The molecule has 4 nitrogen and oxygen atoms in total. The van der Waals surface area contributed by atoms with Gasteiger partial charge in [-0.2, -0.15) is 0 Å². The van der Waals surface area contributed by atoms with E-state index in [4.69, 9.17) is 9.84 Å². The lowest BCUT2D eigenvalue weighted by molar-refractivity contribution is -0.150. The second-order valence-corrected chi connectivity index (χ2v) is 14.9. The Bertz CT molecular complexity index is 687. The molecule has 0 aromatic rings. The Morgan fingerprint density at radius 3 is 1.12 bits per heavy atom. The van der Waals surface area contributed by atoms with Gasteiger partial charge >= 0.3 is 11.9 Å². The molecule has 0 aliphatic carbocycles. The molecule has 0 heterocycles. The quantitative estimate of drug-likeness (QED) is 0.0398. The van der Waals surface area contributed by atoms with E-state index in [-0.39, 0.29) is 18.5 Å². The summed E-state index contributed by atoms with van der Waals surface area (Å²) >= 11 is 0. The van der Waals surface area contributed by atoms with Gasteiger partial charge in [0.05, 0.1) is 0 Å². The van der Waals surface area contributed by atoms with Gasteiger partial charge in [0.2, 0.25) is 0 Å². The highest BCUT2D eigenvalue weighted by Crippen LogP contribution is 2.19. The molecule has 1 N–H and O–H groups in total. The number of hydrogen-bond donors (Lipinski definition) is 1. The Morgan fingerprint density at radius 1 is 0.438 bits per heavy atom. The molecule has 0 saturated heterocycles. The summed E-state index contributed by atoms with van der Waals surface area (Å²) in [5.41, 5.74) is 0. The maximum atomic E-state index is 12.7. The molecule has 0 bridgehead atoms. The molecule has 0 aliphatic rings. The van der Waals surface area contributed by atoms with Crippen LogP contribution in [-0.4, -0.2) is 23.1 Å². The van der Waals surface area contributed by atoms with Crippen LogP contribution in [0.2, 0.25) is 0 Å². The highest BCUT2D eigenvalue weighted by atomic mass is 16.5. The predicted molar refractivity (Wildman–Crippen MR) is 209 cm³/mol. The summed E-state index contributed by atoms with van der Waals surface area (Å²) in [6, 6.07) is 0. The summed E-state index contributed by atoms with van der Waals surface area (Å²) < 4.78 is 5.98. The highest BCUT2D eigenvalue weighted by Gasteiger charge is 2.14. The number of unbranched alkanes of at least 4 members (excludes halogenated alkanes) is 29. The van der Waals surface area contributed by atoms with E-state index in [1.165, 1.54) is 167 Å². The molecule has 0 rings (SSSR count). The average Bonchev–Trinajstić information content (AvgIpc) is 3.07. The molecule has 0 fully saturated rings. The number of carboxylic acids is 1. The summed E-state index contributed by atoms with van der Waals surface area (Å²) in [6.45, 7) is 4.55. The third-order valence-corrected chi connectivity index (χ3v) is 9.99. The molecule has 0 spiro atoms. The van der Waals surface area contributed by atoms with Gasteiger partial charge in [-0.1, -0.05) is 187 Å². The number of carboxylic acid groups (broad SMARTS) is 1. The van der Waals surface area contributed by atoms with E-state index in [0.29, 0.717) is 6.42 Å². The Morgan fingerprint density at radius 2 is 0.750 bits per heavy atom. The van der Waals surface area contributed by atoms with Crippen LogP contribution in [0.15, 0.2) is 12.2 Å². The van der Waals surface area contributed by atoms with Gasteiger partial charge in [-0.3, -0.25) is 9.59 Å². The molecule has 0 amide bonds. The molecule has 0 aliphatic heterocycles. The zero-order valence-corrected chi connectivity index (χ0v) is 32.6. The first kappa shape index (κ1) is 46.7. The van der Waals surface area contributed by atoms with Gasteiger partial charge in [0.15, 0.2) is 0 Å². The molecule has 0 radical (unpaired) electrons. The van der Waals surface area contributed by atoms with Crippen molar-refractivity contribution in [1.29, 1.82) is 0 Å². The third kappa shape index (κ3) is 39.1. The molecular weight excluding hydrogens is 592 g/mol. The maximum absolute atomic E-state index is 12.7. The molecule has 0 aromatic heterocycles. The summed E-state index contributed by atoms with van der Waals surface area (Å²) in [5, 5.41) is 8.85. The van der Waals surface area contributed by atoms with E-state index in [1.807, 2.05) is 0 Å². The third-order valence-electron chi connectivity index (χ3n) is 9.99. The van der Waals surface area contributed by atoms with Crippen molar-refractivity contribution in [2.75, 3.05) is 0 Å². The van der Waals surface area contributed by atoms with E-state index >= 15 is 0 Å². The van der Waals surface area contributed by atoms with E-state index in [9.17, 15) is 9.59 Å². The van der Waals surface area contributed by atoms with Crippen molar-refractivity contribution in [3.8, 4) is 0 Å². The number of carbonyl (C=O) groups excluding carboxylic acids is 1. The van der Waals surface area contributed by atoms with Crippen molar-refractivity contribution >= 4 is 11.9 Å². The molecular formula is C44H84O4. The molecule has 0 aromatic carbocycles. The molecule has 284 valence electrons. The normalized spacial score (nSPS) is 12.2. The Hall–Kier alpha value is -1.32. The largest absolute Gasteiger partial charge is 0.481 e. The Labute approximate surface area is 300 Å². The van der Waals surface area contributed by atoms with Gasteiger partial charge in [0.1, 0.15) is 6.10 Å². The molecule has 1 atom stereocenters. The standard InChI is InChI=1S/C44H84O4/c1-3-5-7-9-11-13-15-16-17-18-19-20-21-22-23-24-25-27-29-31-37-41-44(47)48-42(39-35-32-33-36-40-43(45)46)38-34-30-28-26-14-12-10-8-6-4-2/h16-17,42H,3-15,18-41H2,1-2H3,(H,45,46)/b17-16-. The number of aliphatic carboxylic acids is 1. The van der Waals surface area contributed by atoms with Crippen molar-refractivity contribution in [3.63, 3.8) is 0 Å². The highest BCUT2D eigenvalue weighted by molar-refractivity contribution is 5.69. The van der Waals surface area contributed by atoms with Crippen LogP contribution in [0.3, 0.4) is 0 Å². The van der Waals surface area contributed by atoms with E-state index in [2.05, 4.69) is 26.0 Å². The smallest absolute Gasteiger partial charge is 0.306 e. The fourth-order valence-electron chi connectivity index (χ4n) is 6.77. The van der Waals surface area contributed by atoms with E-state index < -0.39 is 5.97 Å². The lowest BCUT2D eigenvalue weighted by Gasteiger charge is -2.18. The van der Waals surface area contributed by atoms with E-state index in [1.54, 1.807) is 0 Å². The minimum atomic E-state index is -0.707. The summed E-state index contributed by atoms with van der Waals surface area (Å²) in [6.07, 6.45) is 49.6. The first-order valence-electron chi connectivity index (χ1n) is 21.7. The van der Waals surface area contributed by atoms with Gasteiger partial charge in [-0.25, -0.2) is 0 Å². The molecule has 0 saturated carbocycles. The Kier molecular flexibility index (Phi) is 39.0. The van der Waals surface area contributed by atoms with Crippen LogP contribution in [0.1, 0.15) is 251 Å². The van der Waals surface area contributed by atoms with Gasteiger partial charge in [-0.15, -0.1) is 0 Å². The number of allylic oxidation sites excluding steroid dienone is 2. The van der Waals surface area contributed by atoms with Crippen LogP contribution in [0.25, 0.3) is 0 Å². The van der Waals surface area contributed by atoms with Crippen molar-refractivity contribution < 1.29 is 19.4 Å². The second-order valence-electron chi connectivity index (χ2n) is 14.9. The first-order chi connectivity index (χ1) is 23.6. The zero-order valence-electron chi connectivity index (χ0n) is 32.6. The second kappa shape index (κ2) is 40.1. The van der Waals surface area contributed by atoms with Gasteiger partial charge < -0.3 is 9.84 Å². The minimum Gasteiger partial charge on any atom is -0.481 e. The zero-order chi connectivity index (χ0) is 35.0. The minimum absolute atomic E-state index is 0.00810. The number of ether oxygens (including phenoxy) is 1. The average molecular weight is 677 g/mol. The first-order valence-corrected chi connectivity index (χ1v) is 21.7. The van der Waals surface area contributed by atoms with Crippen LogP contribution in [0.5, 0.6) is 0 Å². The number of carbonyl (C=O) groups is 2. The SMILES string of the molecule is CCCCCCCC/C=C\CCCCCCCCCCCCCC(=O)OC(CCCCCCCCCCCC)CCCCCCC(=O)O. The van der Waals surface area contributed by atoms with Crippen LogP contribution in [0, 0.1) is 0 Å². The topological polar surface area (TPSA) is 63.6 Å².